The Morgan fingerprint density at radius 2 is 2.00 bits per heavy atom. The lowest BCUT2D eigenvalue weighted by atomic mass is 10.1. The number of aryl methyl sites for hydroxylation is 2. The van der Waals surface area contributed by atoms with E-state index in [1.54, 1.807) is 0 Å². The van der Waals surface area contributed by atoms with Crippen LogP contribution in [0, 0.1) is 13.8 Å². The molecule has 0 bridgehead atoms. The minimum Gasteiger partial charge on any atom is -0.388 e. The number of nitrogens with zero attached hydrogens (tertiary/aromatic N) is 3. The molecule has 1 N–H and O–H groups in total. The highest BCUT2D eigenvalue weighted by Crippen LogP contribution is 2.39. The quantitative estimate of drug-likeness (QED) is 0.900. The Labute approximate surface area is 106 Å². The summed E-state index contributed by atoms with van der Waals surface area (Å²) in [5, 5.41) is 17.7. The number of aromatic nitrogens is 3. The first kappa shape index (κ1) is 11.4. The van der Waals surface area contributed by atoms with Crippen LogP contribution >= 0.6 is 0 Å². The molecule has 94 valence electrons. The minimum absolute atomic E-state index is 0.0473. The second-order valence-corrected chi connectivity index (χ2v) is 5.00. The summed E-state index contributed by atoms with van der Waals surface area (Å²) in [6.07, 6.45) is 2.31. The van der Waals surface area contributed by atoms with Crippen molar-refractivity contribution in [3.05, 3.63) is 35.2 Å². The summed E-state index contributed by atoms with van der Waals surface area (Å²) in [5.41, 5.74) is 3.61. The fourth-order valence-electron chi connectivity index (χ4n) is 2.23. The number of aliphatic hydroxyl groups is 1. The summed E-state index contributed by atoms with van der Waals surface area (Å²) < 4.78 is 2.09. The van der Waals surface area contributed by atoms with Crippen LogP contribution in [0.3, 0.4) is 0 Å². The molecule has 1 saturated carbocycles. The van der Waals surface area contributed by atoms with Gasteiger partial charge < -0.3 is 9.67 Å². The lowest BCUT2D eigenvalue weighted by Gasteiger charge is -2.09. The predicted octanol–water partition coefficient (Wildman–Crippen LogP) is 2.39. The third kappa shape index (κ3) is 1.82. The molecule has 1 heterocycles. The maximum absolute atomic E-state index is 9.33. The van der Waals surface area contributed by atoms with Crippen molar-refractivity contribution in [1.82, 2.24) is 14.8 Å². The van der Waals surface area contributed by atoms with Crippen molar-refractivity contribution in [3.63, 3.8) is 0 Å². The summed E-state index contributed by atoms with van der Waals surface area (Å²) in [5.74, 6) is 1.55. The normalized spacial score (nSPS) is 15.1. The van der Waals surface area contributed by atoms with E-state index in [0.29, 0.717) is 11.9 Å². The number of hydrogen-bond donors (Lipinski definition) is 1. The molecule has 0 aliphatic heterocycles. The third-order valence-electron chi connectivity index (χ3n) is 3.58. The molecule has 0 spiro atoms. The first-order valence-corrected chi connectivity index (χ1v) is 6.33. The smallest absolute Gasteiger partial charge is 0.164 e. The molecule has 18 heavy (non-hydrogen) atoms. The zero-order chi connectivity index (χ0) is 12.7. The van der Waals surface area contributed by atoms with Gasteiger partial charge in [0, 0.05) is 11.6 Å². The third-order valence-corrected chi connectivity index (χ3v) is 3.58. The van der Waals surface area contributed by atoms with E-state index < -0.39 is 0 Å². The second kappa shape index (κ2) is 4.21. The summed E-state index contributed by atoms with van der Waals surface area (Å²) in [6.45, 7) is 4.15. The van der Waals surface area contributed by atoms with E-state index in [1.165, 1.54) is 11.1 Å². The molecule has 0 radical (unpaired) electrons. The molecule has 4 nitrogen and oxygen atoms in total. The molecule has 0 unspecified atom stereocenters. The summed E-state index contributed by atoms with van der Waals surface area (Å²) >= 11 is 0. The van der Waals surface area contributed by atoms with Gasteiger partial charge in [0.15, 0.2) is 11.6 Å². The van der Waals surface area contributed by atoms with Crippen molar-refractivity contribution in [1.29, 1.82) is 0 Å². The molecular weight excluding hydrogens is 226 g/mol. The van der Waals surface area contributed by atoms with Crippen molar-refractivity contribution in [2.24, 2.45) is 0 Å². The van der Waals surface area contributed by atoms with Crippen molar-refractivity contribution >= 4 is 0 Å². The van der Waals surface area contributed by atoms with Crippen LogP contribution < -0.4 is 0 Å². The van der Waals surface area contributed by atoms with Crippen molar-refractivity contribution in [2.45, 2.75) is 39.3 Å². The van der Waals surface area contributed by atoms with Crippen LogP contribution in [0.1, 0.15) is 35.8 Å². The molecule has 3 rings (SSSR count). The van der Waals surface area contributed by atoms with Gasteiger partial charge in [-0.2, -0.15) is 0 Å². The maximum Gasteiger partial charge on any atom is 0.164 e. The molecule has 1 aromatic heterocycles. The number of hydrogen-bond acceptors (Lipinski definition) is 3. The van der Waals surface area contributed by atoms with E-state index in [2.05, 4.69) is 46.8 Å². The summed E-state index contributed by atoms with van der Waals surface area (Å²) in [6, 6.07) is 6.79. The second-order valence-electron chi connectivity index (χ2n) is 5.00. The number of rotatable bonds is 3. The number of aliphatic hydroxyl groups excluding tert-OH is 1. The first-order valence-electron chi connectivity index (χ1n) is 6.33. The molecule has 0 amide bonds. The van der Waals surface area contributed by atoms with E-state index in [0.717, 1.165) is 24.2 Å². The van der Waals surface area contributed by atoms with E-state index in [-0.39, 0.29) is 6.61 Å². The Morgan fingerprint density at radius 3 is 2.61 bits per heavy atom. The van der Waals surface area contributed by atoms with Gasteiger partial charge in [-0.1, -0.05) is 12.1 Å². The Bertz CT molecular complexity index is 585. The van der Waals surface area contributed by atoms with Crippen molar-refractivity contribution in [2.75, 3.05) is 0 Å². The van der Waals surface area contributed by atoms with Crippen LogP contribution in [0.15, 0.2) is 18.2 Å². The van der Waals surface area contributed by atoms with Crippen LogP contribution in [0.4, 0.5) is 0 Å². The van der Waals surface area contributed by atoms with E-state index in [4.69, 9.17) is 0 Å². The molecular formula is C14H17N3O. The Balaban J connectivity index is 2.10. The highest BCUT2D eigenvalue weighted by Gasteiger charge is 2.29. The highest BCUT2D eigenvalue weighted by molar-refractivity contribution is 5.58. The van der Waals surface area contributed by atoms with Crippen LogP contribution in [-0.4, -0.2) is 19.9 Å². The van der Waals surface area contributed by atoms with Gasteiger partial charge >= 0.3 is 0 Å². The minimum atomic E-state index is -0.0473. The first-order chi connectivity index (χ1) is 8.70. The molecule has 4 heteroatoms. The van der Waals surface area contributed by atoms with E-state index >= 15 is 0 Å². The zero-order valence-corrected chi connectivity index (χ0v) is 10.7. The summed E-state index contributed by atoms with van der Waals surface area (Å²) in [4.78, 5) is 0. The van der Waals surface area contributed by atoms with Crippen LogP contribution in [0.2, 0.25) is 0 Å². The van der Waals surface area contributed by atoms with Gasteiger partial charge in [-0.25, -0.2) is 0 Å². The van der Waals surface area contributed by atoms with Crippen LogP contribution in [0.25, 0.3) is 11.4 Å². The van der Waals surface area contributed by atoms with E-state index in [1.807, 2.05) is 0 Å². The monoisotopic (exact) mass is 243 g/mol. The summed E-state index contributed by atoms with van der Waals surface area (Å²) in [7, 11) is 0. The van der Waals surface area contributed by atoms with Gasteiger partial charge in [-0.15, -0.1) is 10.2 Å². The molecule has 1 fully saturated rings. The molecule has 1 aromatic carbocycles. The van der Waals surface area contributed by atoms with Crippen LogP contribution in [0.5, 0.6) is 0 Å². The highest BCUT2D eigenvalue weighted by atomic mass is 16.3. The molecule has 0 saturated heterocycles. The lowest BCUT2D eigenvalue weighted by molar-refractivity contribution is 0.265. The lowest BCUT2D eigenvalue weighted by Crippen LogP contribution is -2.03. The molecule has 0 atom stereocenters. The van der Waals surface area contributed by atoms with Gasteiger partial charge in [0.1, 0.15) is 6.61 Å². The Hall–Kier alpha value is -1.68. The van der Waals surface area contributed by atoms with E-state index in [9.17, 15) is 5.11 Å². The molecule has 2 aromatic rings. The standard InChI is InChI=1S/C14H17N3O/c1-9-3-4-11(7-10(9)2)14-16-15-13(8-18)17(14)12-5-6-12/h3-4,7,12,18H,5-6,8H2,1-2H3. The number of benzene rings is 1. The zero-order valence-electron chi connectivity index (χ0n) is 10.7. The van der Waals surface area contributed by atoms with Gasteiger partial charge in [0.25, 0.3) is 0 Å². The van der Waals surface area contributed by atoms with Crippen molar-refractivity contribution < 1.29 is 5.11 Å². The average molecular weight is 243 g/mol. The Morgan fingerprint density at radius 1 is 1.22 bits per heavy atom. The van der Waals surface area contributed by atoms with Gasteiger partial charge in [0.05, 0.1) is 0 Å². The van der Waals surface area contributed by atoms with Gasteiger partial charge in [0.2, 0.25) is 0 Å². The van der Waals surface area contributed by atoms with Crippen molar-refractivity contribution in [3.8, 4) is 11.4 Å². The van der Waals surface area contributed by atoms with Gasteiger partial charge in [-0.05, 0) is 43.9 Å². The van der Waals surface area contributed by atoms with Gasteiger partial charge in [-0.3, -0.25) is 0 Å². The Kier molecular flexibility index (Phi) is 2.67. The SMILES string of the molecule is Cc1ccc(-c2nnc(CO)n2C2CC2)cc1C. The molecule has 1 aliphatic rings. The van der Waals surface area contributed by atoms with Crippen LogP contribution in [-0.2, 0) is 6.61 Å². The topological polar surface area (TPSA) is 50.9 Å². The largest absolute Gasteiger partial charge is 0.388 e. The predicted molar refractivity (Wildman–Crippen MR) is 69.1 cm³/mol. The fraction of sp³-hybridized carbons (Fsp3) is 0.429. The molecule has 1 aliphatic carbocycles. The average Bonchev–Trinajstić information content (AvgIpc) is 3.12. The maximum atomic E-state index is 9.33. The fourth-order valence-corrected chi connectivity index (χ4v) is 2.23.